The number of nitrogens with zero attached hydrogens (tertiary/aromatic N) is 2. The quantitative estimate of drug-likeness (QED) is 0.658. The van der Waals surface area contributed by atoms with Gasteiger partial charge in [0.1, 0.15) is 0 Å². The van der Waals surface area contributed by atoms with Gasteiger partial charge in [0, 0.05) is 58.7 Å². The van der Waals surface area contributed by atoms with Crippen molar-refractivity contribution in [1.29, 1.82) is 0 Å². The van der Waals surface area contributed by atoms with Gasteiger partial charge >= 0.3 is 0 Å². The van der Waals surface area contributed by atoms with Crippen LogP contribution in [0.25, 0.3) is 0 Å². The molecule has 1 aliphatic heterocycles. The van der Waals surface area contributed by atoms with Crippen molar-refractivity contribution in [2.75, 3.05) is 53.4 Å². The summed E-state index contributed by atoms with van der Waals surface area (Å²) < 4.78 is 0. The number of hydrogen-bond donors (Lipinski definition) is 2. The van der Waals surface area contributed by atoms with Crippen LogP contribution in [0.2, 0.25) is 0 Å². The number of piperazine rings is 1. The first kappa shape index (κ1) is 15.9. The molecule has 0 radical (unpaired) electrons. The topological polar surface area (TPSA) is 64.7 Å². The van der Waals surface area contributed by atoms with E-state index in [0.717, 1.165) is 26.2 Å². The van der Waals surface area contributed by atoms with Gasteiger partial charge in [-0.2, -0.15) is 0 Å². The SMILES string of the molecule is CNC(=O)C(C)CN(C)CCC(=O)N1CCNCC1. The molecule has 1 saturated heterocycles. The number of nitrogens with one attached hydrogen (secondary N) is 2. The fraction of sp³-hybridized carbons (Fsp3) is 0.846. The molecular weight excluding hydrogens is 244 g/mol. The van der Waals surface area contributed by atoms with E-state index in [2.05, 4.69) is 10.6 Å². The summed E-state index contributed by atoms with van der Waals surface area (Å²) in [5.41, 5.74) is 0. The van der Waals surface area contributed by atoms with Gasteiger partial charge in [-0.05, 0) is 7.05 Å². The van der Waals surface area contributed by atoms with Gasteiger partial charge in [-0.3, -0.25) is 9.59 Å². The molecule has 1 fully saturated rings. The zero-order chi connectivity index (χ0) is 14.3. The minimum atomic E-state index is -0.0516. The van der Waals surface area contributed by atoms with Crippen LogP contribution in [0.1, 0.15) is 13.3 Å². The lowest BCUT2D eigenvalue weighted by atomic mass is 10.1. The maximum atomic E-state index is 12.0. The van der Waals surface area contributed by atoms with Crippen LogP contribution in [0.4, 0.5) is 0 Å². The highest BCUT2D eigenvalue weighted by molar-refractivity contribution is 5.78. The third-order valence-corrected chi connectivity index (χ3v) is 3.46. The predicted molar refractivity (Wildman–Crippen MR) is 74.8 cm³/mol. The summed E-state index contributed by atoms with van der Waals surface area (Å²) in [6, 6.07) is 0. The van der Waals surface area contributed by atoms with E-state index in [1.807, 2.05) is 23.8 Å². The summed E-state index contributed by atoms with van der Waals surface area (Å²) in [6.07, 6.45) is 0.525. The van der Waals surface area contributed by atoms with Gasteiger partial charge in [0.25, 0.3) is 0 Å². The third kappa shape index (κ3) is 5.57. The largest absolute Gasteiger partial charge is 0.359 e. The molecule has 0 aromatic carbocycles. The number of carbonyl (C=O) groups is 2. The lowest BCUT2D eigenvalue weighted by molar-refractivity contribution is -0.132. The van der Waals surface area contributed by atoms with Crippen molar-refractivity contribution in [3.63, 3.8) is 0 Å². The van der Waals surface area contributed by atoms with E-state index in [9.17, 15) is 9.59 Å². The monoisotopic (exact) mass is 270 g/mol. The Hall–Kier alpha value is -1.14. The van der Waals surface area contributed by atoms with E-state index >= 15 is 0 Å². The average molecular weight is 270 g/mol. The first-order chi connectivity index (χ1) is 9.04. The highest BCUT2D eigenvalue weighted by Crippen LogP contribution is 2.02. The molecule has 2 N–H and O–H groups in total. The van der Waals surface area contributed by atoms with Crippen molar-refractivity contribution in [2.45, 2.75) is 13.3 Å². The second kappa shape index (κ2) is 8.12. The van der Waals surface area contributed by atoms with Crippen LogP contribution in [0, 0.1) is 5.92 Å². The Labute approximate surface area is 115 Å². The van der Waals surface area contributed by atoms with Crippen molar-refractivity contribution in [2.24, 2.45) is 5.92 Å². The van der Waals surface area contributed by atoms with Crippen molar-refractivity contribution in [1.82, 2.24) is 20.4 Å². The van der Waals surface area contributed by atoms with Crippen LogP contribution in [0.15, 0.2) is 0 Å². The second-order valence-electron chi connectivity index (χ2n) is 5.16. The minimum Gasteiger partial charge on any atom is -0.359 e. The molecule has 2 amide bonds. The maximum absolute atomic E-state index is 12.0. The molecule has 1 aliphatic rings. The summed E-state index contributed by atoms with van der Waals surface area (Å²) in [4.78, 5) is 27.3. The number of amides is 2. The van der Waals surface area contributed by atoms with Gasteiger partial charge in [0.2, 0.25) is 11.8 Å². The summed E-state index contributed by atoms with van der Waals surface area (Å²) in [5, 5.41) is 5.87. The van der Waals surface area contributed by atoms with Crippen molar-refractivity contribution in [3.8, 4) is 0 Å². The lowest BCUT2D eigenvalue weighted by Gasteiger charge is -2.28. The summed E-state index contributed by atoms with van der Waals surface area (Å²) in [6.45, 7) is 6.64. The molecule has 0 aromatic rings. The standard InChI is InChI=1S/C13H26N4O2/c1-11(13(19)14-2)10-16(3)7-4-12(18)17-8-5-15-6-9-17/h11,15H,4-10H2,1-3H3,(H,14,19). The van der Waals surface area contributed by atoms with E-state index in [0.29, 0.717) is 19.5 Å². The fourth-order valence-corrected chi connectivity index (χ4v) is 2.25. The van der Waals surface area contributed by atoms with E-state index < -0.39 is 0 Å². The molecule has 0 aliphatic carbocycles. The molecular formula is C13H26N4O2. The smallest absolute Gasteiger partial charge is 0.223 e. The van der Waals surface area contributed by atoms with Crippen LogP contribution < -0.4 is 10.6 Å². The number of hydrogen-bond acceptors (Lipinski definition) is 4. The highest BCUT2D eigenvalue weighted by Gasteiger charge is 2.18. The van der Waals surface area contributed by atoms with Gasteiger partial charge in [0.05, 0.1) is 0 Å². The molecule has 1 atom stereocenters. The maximum Gasteiger partial charge on any atom is 0.223 e. The van der Waals surface area contributed by atoms with Crippen LogP contribution >= 0.6 is 0 Å². The molecule has 1 heterocycles. The minimum absolute atomic E-state index is 0.0419. The number of carbonyl (C=O) groups excluding carboxylic acids is 2. The highest BCUT2D eigenvalue weighted by atomic mass is 16.2. The molecule has 110 valence electrons. The Bertz CT molecular complexity index is 303. The van der Waals surface area contributed by atoms with Crippen molar-refractivity contribution >= 4 is 11.8 Å². The van der Waals surface area contributed by atoms with Crippen LogP contribution in [-0.2, 0) is 9.59 Å². The Morgan fingerprint density at radius 2 is 2.00 bits per heavy atom. The fourth-order valence-electron chi connectivity index (χ4n) is 2.25. The first-order valence-electron chi connectivity index (χ1n) is 6.93. The third-order valence-electron chi connectivity index (χ3n) is 3.46. The summed E-state index contributed by atoms with van der Waals surface area (Å²) in [7, 11) is 3.59. The van der Waals surface area contributed by atoms with E-state index in [-0.39, 0.29) is 17.7 Å². The molecule has 0 aromatic heterocycles. The van der Waals surface area contributed by atoms with E-state index in [1.54, 1.807) is 7.05 Å². The summed E-state index contributed by atoms with van der Waals surface area (Å²) in [5.74, 6) is 0.200. The molecule has 0 bridgehead atoms. The zero-order valence-electron chi connectivity index (χ0n) is 12.2. The lowest BCUT2D eigenvalue weighted by Crippen LogP contribution is -2.47. The zero-order valence-corrected chi connectivity index (χ0v) is 12.2. The van der Waals surface area contributed by atoms with Crippen LogP contribution in [-0.4, -0.2) is 75.0 Å². The van der Waals surface area contributed by atoms with Gasteiger partial charge in [-0.1, -0.05) is 6.92 Å². The Morgan fingerprint density at radius 1 is 1.37 bits per heavy atom. The summed E-state index contributed by atoms with van der Waals surface area (Å²) >= 11 is 0. The Kier molecular flexibility index (Phi) is 6.80. The van der Waals surface area contributed by atoms with Crippen molar-refractivity contribution in [3.05, 3.63) is 0 Å². The molecule has 0 saturated carbocycles. The van der Waals surface area contributed by atoms with Crippen LogP contribution in [0.5, 0.6) is 0 Å². The van der Waals surface area contributed by atoms with Gasteiger partial charge in [-0.15, -0.1) is 0 Å². The van der Waals surface area contributed by atoms with Crippen molar-refractivity contribution < 1.29 is 9.59 Å². The number of rotatable bonds is 6. The van der Waals surface area contributed by atoms with Gasteiger partial charge in [0.15, 0.2) is 0 Å². The van der Waals surface area contributed by atoms with Crippen LogP contribution in [0.3, 0.4) is 0 Å². The van der Waals surface area contributed by atoms with Gasteiger partial charge in [-0.25, -0.2) is 0 Å². The van der Waals surface area contributed by atoms with E-state index in [1.165, 1.54) is 0 Å². The normalized spacial score (nSPS) is 17.4. The second-order valence-corrected chi connectivity index (χ2v) is 5.16. The molecule has 6 nitrogen and oxygen atoms in total. The Balaban J connectivity index is 2.23. The predicted octanol–water partition coefficient (Wildman–Crippen LogP) is -0.878. The molecule has 1 unspecified atom stereocenters. The average Bonchev–Trinajstić information content (AvgIpc) is 2.44. The first-order valence-corrected chi connectivity index (χ1v) is 6.93. The van der Waals surface area contributed by atoms with Gasteiger partial charge < -0.3 is 20.4 Å². The Morgan fingerprint density at radius 3 is 2.58 bits per heavy atom. The molecule has 1 rings (SSSR count). The molecule has 19 heavy (non-hydrogen) atoms. The molecule has 0 spiro atoms. The van der Waals surface area contributed by atoms with E-state index in [4.69, 9.17) is 0 Å². The molecule has 6 heteroatoms.